The molecule has 0 bridgehead atoms. The van der Waals surface area contributed by atoms with E-state index in [4.69, 9.17) is 15.3 Å². The standard InChI is InChI=1S/C28H30N2O4/c31-27(32)14-2-1-7-18-34-26-13-6-3-9-22(26)20-30(23-15-16-23)28(33)25-12-5-4-11-24(25)21-10-8-17-29-19-21/h3-6,8-13,17,19,23H,1-2,7,14-16,18,20H2,(H,31,32)/i15D,16D2,23D. The van der Waals surface area contributed by atoms with Gasteiger partial charge < -0.3 is 14.7 Å². The van der Waals surface area contributed by atoms with E-state index in [1.54, 1.807) is 67.0 Å². The Balaban J connectivity index is 1.61. The normalized spacial score (nSPS) is 21.9. The van der Waals surface area contributed by atoms with Crippen LogP contribution in [0.3, 0.4) is 0 Å². The summed E-state index contributed by atoms with van der Waals surface area (Å²) in [5, 5.41) is 8.78. The lowest BCUT2D eigenvalue weighted by Gasteiger charge is -2.25. The third kappa shape index (κ3) is 6.22. The van der Waals surface area contributed by atoms with Crippen molar-refractivity contribution in [2.24, 2.45) is 0 Å². The second-order valence-electron chi connectivity index (χ2n) is 8.01. The molecular formula is C28H30N2O4. The molecule has 1 fully saturated rings. The molecule has 1 N–H and O–H groups in total. The van der Waals surface area contributed by atoms with E-state index in [0.717, 1.165) is 4.90 Å². The van der Waals surface area contributed by atoms with Crippen LogP contribution in [0.2, 0.25) is 0 Å². The van der Waals surface area contributed by atoms with E-state index in [-0.39, 0.29) is 13.0 Å². The lowest BCUT2D eigenvalue weighted by Crippen LogP contribution is -2.33. The SMILES string of the molecule is [2H]C1C([2H])([2H])C1([2H])N(Cc1ccccc1OCCCCCC(=O)O)C(=O)c1ccccc1-c1cccnc1. The Kier molecular flexibility index (Phi) is 6.31. The highest BCUT2D eigenvalue weighted by molar-refractivity contribution is 6.01. The Hall–Kier alpha value is -3.67. The number of carboxylic acid groups (broad SMARTS) is 1. The molecule has 0 radical (unpaired) electrons. The van der Waals surface area contributed by atoms with E-state index in [0.29, 0.717) is 53.9 Å². The zero-order valence-corrected chi connectivity index (χ0v) is 18.8. The molecule has 2 aromatic carbocycles. The topological polar surface area (TPSA) is 79.7 Å². The molecular weight excluding hydrogens is 428 g/mol. The molecule has 1 amide bonds. The molecule has 2 atom stereocenters. The monoisotopic (exact) mass is 462 g/mol. The molecule has 0 aliphatic heterocycles. The van der Waals surface area contributed by atoms with Gasteiger partial charge in [-0.15, -0.1) is 0 Å². The Morgan fingerprint density at radius 2 is 1.88 bits per heavy atom. The fourth-order valence-corrected chi connectivity index (χ4v) is 3.73. The van der Waals surface area contributed by atoms with Crippen LogP contribution in [0.5, 0.6) is 5.75 Å². The van der Waals surface area contributed by atoms with Crippen LogP contribution in [-0.2, 0) is 11.3 Å². The highest BCUT2D eigenvalue weighted by Crippen LogP contribution is 2.33. The number of pyridine rings is 1. The second-order valence-corrected chi connectivity index (χ2v) is 8.01. The molecule has 176 valence electrons. The number of carbonyl (C=O) groups is 2. The molecule has 4 rings (SSSR count). The van der Waals surface area contributed by atoms with Crippen molar-refractivity contribution in [1.29, 1.82) is 0 Å². The first-order chi connectivity index (χ1) is 18.2. The van der Waals surface area contributed by atoms with Gasteiger partial charge in [-0.05, 0) is 55.8 Å². The summed E-state index contributed by atoms with van der Waals surface area (Å²) in [5.41, 5.74) is 2.20. The lowest BCUT2D eigenvalue weighted by molar-refractivity contribution is -0.137. The molecule has 6 heteroatoms. The van der Waals surface area contributed by atoms with Gasteiger partial charge in [0.15, 0.2) is 0 Å². The van der Waals surface area contributed by atoms with E-state index >= 15 is 0 Å². The number of carboxylic acids is 1. The molecule has 1 aliphatic rings. The van der Waals surface area contributed by atoms with Gasteiger partial charge in [-0.25, -0.2) is 0 Å². The van der Waals surface area contributed by atoms with E-state index < -0.39 is 30.7 Å². The van der Waals surface area contributed by atoms with Crippen LogP contribution in [0.25, 0.3) is 11.1 Å². The number of rotatable bonds is 12. The van der Waals surface area contributed by atoms with Crippen molar-refractivity contribution in [3.63, 3.8) is 0 Å². The number of para-hydroxylation sites is 1. The fraction of sp³-hybridized carbons (Fsp3) is 0.321. The van der Waals surface area contributed by atoms with Gasteiger partial charge in [0.1, 0.15) is 5.75 Å². The van der Waals surface area contributed by atoms with Gasteiger partial charge in [-0.3, -0.25) is 14.6 Å². The lowest BCUT2D eigenvalue weighted by atomic mass is 10.00. The minimum atomic E-state index is -2.20. The maximum Gasteiger partial charge on any atom is 0.303 e. The van der Waals surface area contributed by atoms with E-state index in [1.807, 2.05) is 6.07 Å². The number of unbranched alkanes of at least 4 members (excludes halogenated alkanes) is 2. The summed E-state index contributed by atoms with van der Waals surface area (Å²) in [6.45, 7) is 0.232. The van der Waals surface area contributed by atoms with Crippen LogP contribution < -0.4 is 4.74 Å². The first kappa shape index (κ1) is 18.7. The van der Waals surface area contributed by atoms with Crippen molar-refractivity contribution >= 4 is 11.9 Å². The van der Waals surface area contributed by atoms with Crippen molar-refractivity contribution in [3.8, 4) is 16.9 Å². The largest absolute Gasteiger partial charge is 0.493 e. The highest BCUT2D eigenvalue weighted by atomic mass is 16.5. The molecule has 3 aromatic rings. The fourth-order valence-electron chi connectivity index (χ4n) is 3.73. The molecule has 2 unspecified atom stereocenters. The van der Waals surface area contributed by atoms with Crippen molar-refractivity contribution in [2.45, 2.75) is 51.0 Å². The summed E-state index contributed by atoms with van der Waals surface area (Å²) in [5.74, 6) is -0.889. The number of benzene rings is 2. The maximum atomic E-state index is 14.0. The van der Waals surface area contributed by atoms with Gasteiger partial charge in [0.2, 0.25) is 0 Å². The number of hydrogen-bond acceptors (Lipinski definition) is 4. The first-order valence-electron chi connectivity index (χ1n) is 13.4. The van der Waals surface area contributed by atoms with Crippen LogP contribution in [0, 0.1) is 0 Å². The molecule has 1 saturated carbocycles. The Morgan fingerprint density at radius 1 is 1.09 bits per heavy atom. The quantitative estimate of drug-likeness (QED) is 0.356. The smallest absolute Gasteiger partial charge is 0.303 e. The van der Waals surface area contributed by atoms with Crippen molar-refractivity contribution in [3.05, 3.63) is 84.2 Å². The number of hydrogen-bond donors (Lipinski definition) is 1. The molecule has 0 saturated heterocycles. The summed E-state index contributed by atoms with van der Waals surface area (Å²) < 4.78 is 39.6. The van der Waals surface area contributed by atoms with Crippen LogP contribution in [0.4, 0.5) is 0 Å². The third-order valence-corrected chi connectivity index (χ3v) is 5.53. The predicted molar refractivity (Wildman–Crippen MR) is 131 cm³/mol. The number of aromatic nitrogens is 1. The van der Waals surface area contributed by atoms with Gasteiger partial charge in [-0.1, -0.05) is 42.5 Å². The van der Waals surface area contributed by atoms with Crippen molar-refractivity contribution < 1.29 is 24.9 Å². The Bertz CT molecular complexity index is 1290. The zero-order chi connectivity index (χ0) is 27.3. The van der Waals surface area contributed by atoms with Crippen LogP contribution >= 0.6 is 0 Å². The van der Waals surface area contributed by atoms with E-state index in [9.17, 15) is 9.59 Å². The second kappa shape index (κ2) is 11.5. The molecule has 0 spiro atoms. The Labute approximate surface area is 205 Å². The van der Waals surface area contributed by atoms with Gasteiger partial charge in [0, 0.05) is 52.2 Å². The minimum Gasteiger partial charge on any atom is -0.493 e. The predicted octanol–water partition coefficient (Wildman–Crippen LogP) is 5.58. The van der Waals surface area contributed by atoms with Crippen LogP contribution in [-0.4, -0.2) is 39.5 Å². The van der Waals surface area contributed by atoms with Crippen LogP contribution in [0.1, 0.15) is 59.9 Å². The van der Waals surface area contributed by atoms with Crippen LogP contribution in [0.15, 0.2) is 73.1 Å². The average molecular weight is 463 g/mol. The first-order valence-corrected chi connectivity index (χ1v) is 11.3. The van der Waals surface area contributed by atoms with Gasteiger partial charge in [0.05, 0.1) is 7.98 Å². The molecule has 34 heavy (non-hydrogen) atoms. The number of aliphatic carboxylic acids is 1. The van der Waals surface area contributed by atoms with E-state index in [1.165, 1.54) is 0 Å². The molecule has 1 heterocycles. The zero-order valence-electron chi connectivity index (χ0n) is 22.8. The Morgan fingerprint density at radius 3 is 2.65 bits per heavy atom. The number of nitrogens with zero attached hydrogens (tertiary/aromatic N) is 2. The summed E-state index contributed by atoms with van der Waals surface area (Å²) in [4.78, 5) is 30.0. The van der Waals surface area contributed by atoms with Gasteiger partial charge >= 0.3 is 5.97 Å². The minimum absolute atomic E-state index is 0.107. The number of amides is 1. The molecule has 1 aliphatic carbocycles. The highest BCUT2D eigenvalue weighted by Gasteiger charge is 2.34. The molecule has 6 nitrogen and oxygen atoms in total. The van der Waals surface area contributed by atoms with Crippen molar-refractivity contribution in [1.82, 2.24) is 9.88 Å². The average Bonchev–Trinajstić information content (AvgIpc) is 3.32. The number of carbonyl (C=O) groups excluding carboxylic acids is 1. The van der Waals surface area contributed by atoms with E-state index in [2.05, 4.69) is 4.98 Å². The summed E-state index contributed by atoms with van der Waals surface area (Å²) in [6.07, 6.45) is 1.65. The maximum absolute atomic E-state index is 14.0. The summed E-state index contributed by atoms with van der Waals surface area (Å²) >= 11 is 0. The van der Waals surface area contributed by atoms with Gasteiger partial charge in [-0.2, -0.15) is 0 Å². The number of ether oxygens (including phenoxy) is 1. The molecule has 1 aromatic heterocycles. The summed E-state index contributed by atoms with van der Waals surface area (Å²) in [7, 11) is 0. The third-order valence-electron chi connectivity index (χ3n) is 5.53. The van der Waals surface area contributed by atoms with Crippen molar-refractivity contribution in [2.75, 3.05) is 6.61 Å². The van der Waals surface area contributed by atoms with Gasteiger partial charge in [0.25, 0.3) is 5.91 Å². The summed E-state index contributed by atoms with van der Waals surface area (Å²) in [6, 6.07) is 15.5.